The number of hydrogen-bond acceptors (Lipinski definition) is 4. The third kappa shape index (κ3) is 5.83. The van der Waals surface area contributed by atoms with Crippen LogP contribution in [0.4, 0.5) is 5.69 Å². The van der Waals surface area contributed by atoms with Gasteiger partial charge in [-0.05, 0) is 36.9 Å². The standard InChI is InChI=1S/C22H29N3OS/c1-17(2)27-21-10-5-4-9-20(21)22(26)23-19-8-6-7-18(15-19)16-25-13-11-24(3)12-14-25/h4-10,15,17H,11-14,16H2,1-3H3,(H,23,26). The van der Waals surface area contributed by atoms with E-state index >= 15 is 0 Å². The fourth-order valence-corrected chi connectivity index (χ4v) is 4.17. The van der Waals surface area contributed by atoms with Crippen molar-refractivity contribution in [3.63, 3.8) is 0 Å². The number of thioether (sulfide) groups is 1. The van der Waals surface area contributed by atoms with Crippen LogP contribution in [0.15, 0.2) is 53.4 Å². The number of benzene rings is 2. The van der Waals surface area contributed by atoms with Gasteiger partial charge in [-0.15, -0.1) is 11.8 Å². The van der Waals surface area contributed by atoms with E-state index < -0.39 is 0 Å². The van der Waals surface area contributed by atoms with Crippen LogP contribution in [0, 0.1) is 0 Å². The van der Waals surface area contributed by atoms with Crippen LogP contribution in [-0.4, -0.2) is 54.2 Å². The van der Waals surface area contributed by atoms with Crippen LogP contribution < -0.4 is 5.32 Å². The number of nitrogens with one attached hydrogen (secondary N) is 1. The maximum Gasteiger partial charge on any atom is 0.256 e. The van der Waals surface area contributed by atoms with Crippen molar-refractivity contribution in [3.05, 3.63) is 59.7 Å². The Morgan fingerprint density at radius 3 is 2.56 bits per heavy atom. The molecule has 0 atom stereocenters. The molecule has 1 aliphatic heterocycles. The Morgan fingerprint density at radius 1 is 1.07 bits per heavy atom. The number of carbonyl (C=O) groups excluding carboxylic acids is 1. The van der Waals surface area contributed by atoms with Gasteiger partial charge in [0.1, 0.15) is 0 Å². The Bertz CT molecular complexity index is 770. The van der Waals surface area contributed by atoms with Crippen molar-refractivity contribution >= 4 is 23.4 Å². The number of hydrogen-bond donors (Lipinski definition) is 1. The van der Waals surface area contributed by atoms with Crippen LogP contribution in [0.1, 0.15) is 29.8 Å². The molecule has 1 saturated heterocycles. The van der Waals surface area contributed by atoms with Gasteiger partial charge in [0.05, 0.1) is 5.56 Å². The van der Waals surface area contributed by atoms with Crippen LogP contribution in [0.3, 0.4) is 0 Å². The molecule has 1 fully saturated rings. The van der Waals surface area contributed by atoms with Crippen LogP contribution in [-0.2, 0) is 6.54 Å². The predicted molar refractivity (Wildman–Crippen MR) is 115 cm³/mol. The summed E-state index contributed by atoms with van der Waals surface area (Å²) in [6.45, 7) is 9.61. The molecule has 1 N–H and O–H groups in total. The van der Waals surface area contributed by atoms with Gasteiger partial charge in [-0.3, -0.25) is 9.69 Å². The van der Waals surface area contributed by atoms with E-state index in [2.05, 4.69) is 48.1 Å². The molecule has 0 radical (unpaired) electrons. The van der Waals surface area contributed by atoms with E-state index in [-0.39, 0.29) is 5.91 Å². The molecule has 0 aromatic heterocycles. The largest absolute Gasteiger partial charge is 0.322 e. The van der Waals surface area contributed by atoms with Crippen LogP contribution >= 0.6 is 11.8 Å². The Kier molecular flexibility index (Phi) is 6.94. The maximum absolute atomic E-state index is 12.8. The number of anilines is 1. The lowest BCUT2D eigenvalue weighted by molar-refractivity contribution is 0.102. The lowest BCUT2D eigenvalue weighted by Gasteiger charge is -2.32. The fourth-order valence-electron chi connectivity index (χ4n) is 3.22. The smallest absolute Gasteiger partial charge is 0.256 e. The summed E-state index contributed by atoms with van der Waals surface area (Å²) in [5, 5.41) is 3.51. The molecular formula is C22H29N3OS. The monoisotopic (exact) mass is 383 g/mol. The van der Waals surface area contributed by atoms with Crippen LogP contribution in [0.25, 0.3) is 0 Å². The second-order valence-electron chi connectivity index (χ2n) is 7.40. The molecule has 0 bridgehead atoms. The number of likely N-dealkylation sites (N-methyl/N-ethyl adjacent to an activating group) is 1. The summed E-state index contributed by atoms with van der Waals surface area (Å²) < 4.78 is 0. The van der Waals surface area contributed by atoms with Gasteiger partial charge in [0.25, 0.3) is 5.91 Å². The summed E-state index contributed by atoms with van der Waals surface area (Å²) >= 11 is 1.72. The van der Waals surface area contributed by atoms with E-state index in [1.807, 2.05) is 36.4 Å². The van der Waals surface area contributed by atoms with Crippen molar-refractivity contribution < 1.29 is 4.79 Å². The molecular weight excluding hydrogens is 354 g/mol. The zero-order chi connectivity index (χ0) is 19.2. The second-order valence-corrected chi connectivity index (χ2v) is 9.02. The number of nitrogens with zero attached hydrogens (tertiary/aromatic N) is 2. The van der Waals surface area contributed by atoms with Crippen LogP contribution in [0.5, 0.6) is 0 Å². The van der Waals surface area contributed by atoms with Crippen molar-refractivity contribution in [1.29, 1.82) is 0 Å². The highest BCUT2D eigenvalue weighted by Crippen LogP contribution is 2.27. The van der Waals surface area contributed by atoms with Gasteiger partial charge in [0, 0.05) is 48.6 Å². The minimum absolute atomic E-state index is 0.0458. The average Bonchev–Trinajstić information content (AvgIpc) is 2.64. The first kappa shape index (κ1) is 19.9. The molecule has 1 aliphatic rings. The first-order valence-electron chi connectivity index (χ1n) is 9.58. The van der Waals surface area contributed by atoms with Crippen LogP contribution in [0.2, 0.25) is 0 Å². The number of amides is 1. The first-order chi connectivity index (χ1) is 13.0. The Balaban J connectivity index is 1.67. The molecule has 1 heterocycles. The third-order valence-corrected chi connectivity index (χ3v) is 5.76. The fraction of sp³-hybridized carbons (Fsp3) is 0.409. The first-order valence-corrected chi connectivity index (χ1v) is 10.5. The third-order valence-electron chi connectivity index (χ3n) is 4.68. The molecule has 0 spiro atoms. The van der Waals surface area contributed by atoms with Crippen molar-refractivity contribution in [1.82, 2.24) is 9.80 Å². The molecule has 0 saturated carbocycles. The number of carbonyl (C=O) groups is 1. The van der Waals surface area contributed by atoms with E-state index in [1.165, 1.54) is 5.56 Å². The molecule has 0 aliphatic carbocycles. The summed E-state index contributed by atoms with van der Waals surface area (Å²) in [7, 11) is 2.17. The summed E-state index contributed by atoms with van der Waals surface area (Å²) in [6.07, 6.45) is 0. The van der Waals surface area contributed by atoms with E-state index in [9.17, 15) is 4.79 Å². The van der Waals surface area contributed by atoms with Gasteiger partial charge in [0.15, 0.2) is 0 Å². The topological polar surface area (TPSA) is 35.6 Å². The van der Waals surface area contributed by atoms with E-state index in [0.29, 0.717) is 5.25 Å². The zero-order valence-corrected chi connectivity index (χ0v) is 17.3. The van der Waals surface area contributed by atoms with Gasteiger partial charge >= 0.3 is 0 Å². The van der Waals surface area contributed by atoms with Crippen molar-refractivity contribution in [2.75, 3.05) is 38.5 Å². The van der Waals surface area contributed by atoms with Crippen molar-refractivity contribution in [3.8, 4) is 0 Å². The lowest BCUT2D eigenvalue weighted by Crippen LogP contribution is -2.43. The lowest BCUT2D eigenvalue weighted by atomic mass is 10.1. The van der Waals surface area contributed by atoms with Crippen molar-refractivity contribution in [2.24, 2.45) is 0 Å². The highest BCUT2D eigenvalue weighted by atomic mass is 32.2. The predicted octanol–water partition coefficient (Wildman–Crippen LogP) is 4.19. The van der Waals surface area contributed by atoms with Gasteiger partial charge in [0.2, 0.25) is 0 Å². The normalized spacial score (nSPS) is 15.9. The number of rotatable bonds is 6. The molecule has 3 rings (SSSR count). The summed E-state index contributed by atoms with van der Waals surface area (Å²) in [5.74, 6) is -0.0458. The van der Waals surface area contributed by atoms with Gasteiger partial charge < -0.3 is 10.2 Å². The average molecular weight is 384 g/mol. The van der Waals surface area contributed by atoms with E-state index in [4.69, 9.17) is 0 Å². The van der Waals surface area contributed by atoms with Crippen molar-refractivity contribution in [2.45, 2.75) is 30.5 Å². The Morgan fingerprint density at radius 2 is 1.81 bits per heavy atom. The second kappa shape index (κ2) is 9.40. The molecule has 27 heavy (non-hydrogen) atoms. The molecule has 144 valence electrons. The van der Waals surface area contributed by atoms with Gasteiger partial charge in [-0.2, -0.15) is 0 Å². The SMILES string of the molecule is CC(C)Sc1ccccc1C(=O)Nc1cccc(CN2CCN(C)CC2)c1. The van der Waals surface area contributed by atoms with E-state index in [1.54, 1.807) is 11.8 Å². The molecule has 2 aromatic carbocycles. The molecule has 1 amide bonds. The molecule has 5 heteroatoms. The van der Waals surface area contributed by atoms with Gasteiger partial charge in [-0.1, -0.05) is 38.1 Å². The molecule has 2 aromatic rings. The Labute approximate surface area is 166 Å². The highest BCUT2D eigenvalue weighted by Gasteiger charge is 2.15. The zero-order valence-electron chi connectivity index (χ0n) is 16.4. The maximum atomic E-state index is 12.8. The van der Waals surface area contributed by atoms with E-state index in [0.717, 1.165) is 48.9 Å². The number of piperazine rings is 1. The molecule has 4 nitrogen and oxygen atoms in total. The highest BCUT2D eigenvalue weighted by molar-refractivity contribution is 8.00. The summed E-state index contributed by atoms with van der Waals surface area (Å²) in [5.41, 5.74) is 2.83. The minimum atomic E-state index is -0.0458. The Hall–Kier alpha value is -1.82. The minimum Gasteiger partial charge on any atom is -0.322 e. The summed E-state index contributed by atoms with van der Waals surface area (Å²) in [4.78, 5) is 18.7. The quantitative estimate of drug-likeness (QED) is 0.759. The van der Waals surface area contributed by atoms with Gasteiger partial charge in [-0.25, -0.2) is 0 Å². The summed E-state index contributed by atoms with van der Waals surface area (Å²) in [6, 6.07) is 16.0. The molecule has 0 unspecified atom stereocenters.